The monoisotopic (exact) mass is 370 g/mol. The van der Waals surface area contributed by atoms with Gasteiger partial charge in [0.05, 0.1) is 0 Å². The summed E-state index contributed by atoms with van der Waals surface area (Å²) in [6, 6.07) is 0. The van der Waals surface area contributed by atoms with Crippen molar-refractivity contribution in [3.63, 3.8) is 0 Å². The number of allylic oxidation sites excluding steroid dienone is 2. The van der Waals surface area contributed by atoms with Crippen LogP contribution in [-0.4, -0.2) is 5.24 Å². The molecule has 0 atom stereocenters. The minimum Gasteiger partial charge on any atom is -0.276 e. The van der Waals surface area contributed by atoms with Crippen LogP contribution < -0.4 is 0 Å². The molecule has 0 spiro atoms. The van der Waals surface area contributed by atoms with E-state index in [0.29, 0.717) is 0 Å². The van der Waals surface area contributed by atoms with Crippen molar-refractivity contribution in [1.29, 1.82) is 0 Å². The third kappa shape index (κ3) is 19.9. The predicted molar refractivity (Wildman–Crippen MR) is 113 cm³/mol. The molecule has 0 saturated heterocycles. The molecule has 0 saturated carbocycles. The summed E-state index contributed by atoms with van der Waals surface area (Å²) in [6.45, 7) is 4.52. The van der Waals surface area contributed by atoms with Crippen LogP contribution in [0.4, 0.5) is 0 Å². The molecule has 0 aromatic heterocycles. The Hall–Kier alpha value is -0.300. The van der Waals surface area contributed by atoms with Crippen molar-refractivity contribution < 1.29 is 4.79 Å². The molecular formula is C23H43ClO. The van der Waals surface area contributed by atoms with Crippen molar-refractivity contribution in [2.75, 3.05) is 0 Å². The van der Waals surface area contributed by atoms with Gasteiger partial charge in [0.15, 0.2) is 0 Å². The molecule has 0 amide bonds. The first kappa shape index (κ1) is 24.7. The Kier molecular flexibility index (Phi) is 19.8. The fraction of sp³-hybridized carbons (Fsp3) is 0.870. The number of carbonyl (C=O) groups excluding carboxylic acids is 1. The van der Waals surface area contributed by atoms with E-state index in [9.17, 15) is 4.79 Å². The van der Waals surface area contributed by atoms with Gasteiger partial charge in [0.25, 0.3) is 0 Å². The molecule has 0 aliphatic heterocycles. The van der Waals surface area contributed by atoms with Gasteiger partial charge in [0.1, 0.15) is 0 Å². The van der Waals surface area contributed by atoms with E-state index in [4.69, 9.17) is 11.6 Å². The van der Waals surface area contributed by atoms with E-state index in [1.165, 1.54) is 108 Å². The van der Waals surface area contributed by atoms with Gasteiger partial charge in [0, 0.05) is 0 Å². The molecule has 2 heteroatoms. The Balaban J connectivity index is 3.68. The van der Waals surface area contributed by atoms with Gasteiger partial charge in [-0.05, 0) is 43.4 Å². The van der Waals surface area contributed by atoms with E-state index in [0.717, 1.165) is 12.8 Å². The lowest BCUT2D eigenvalue weighted by Crippen LogP contribution is -1.91. The minimum atomic E-state index is -0.297. The van der Waals surface area contributed by atoms with Gasteiger partial charge in [-0.3, -0.25) is 4.79 Å². The lowest BCUT2D eigenvalue weighted by Gasteiger charge is -2.08. The zero-order valence-electron chi connectivity index (χ0n) is 17.1. The molecule has 25 heavy (non-hydrogen) atoms. The topological polar surface area (TPSA) is 17.1 Å². The number of carbonyl (C=O) groups is 1. The average molecular weight is 371 g/mol. The first-order chi connectivity index (χ1) is 12.2. The quantitative estimate of drug-likeness (QED) is 0.126. The first-order valence-electron chi connectivity index (χ1n) is 11.1. The summed E-state index contributed by atoms with van der Waals surface area (Å²) in [4.78, 5) is 11.2. The Morgan fingerprint density at radius 1 is 0.600 bits per heavy atom. The molecule has 0 aliphatic rings. The lowest BCUT2D eigenvalue weighted by molar-refractivity contribution is -0.107. The summed E-state index contributed by atoms with van der Waals surface area (Å²) in [5.74, 6) is 0. The van der Waals surface area contributed by atoms with Crippen LogP contribution >= 0.6 is 11.6 Å². The van der Waals surface area contributed by atoms with Gasteiger partial charge >= 0.3 is 0 Å². The van der Waals surface area contributed by atoms with Gasteiger partial charge in [-0.1, -0.05) is 109 Å². The van der Waals surface area contributed by atoms with Gasteiger partial charge in [-0.15, -0.1) is 0 Å². The Bertz CT molecular complexity index is 300. The summed E-state index contributed by atoms with van der Waals surface area (Å²) in [5, 5.41) is -0.297. The number of rotatable bonds is 19. The van der Waals surface area contributed by atoms with Crippen LogP contribution in [0.25, 0.3) is 0 Å². The van der Waals surface area contributed by atoms with Gasteiger partial charge < -0.3 is 0 Å². The van der Waals surface area contributed by atoms with E-state index in [1.807, 2.05) is 0 Å². The maximum atomic E-state index is 11.2. The second kappa shape index (κ2) is 20.0. The molecule has 0 aliphatic carbocycles. The summed E-state index contributed by atoms with van der Waals surface area (Å²) < 4.78 is 0. The fourth-order valence-electron chi connectivity index (χ4n) is 3.40. The molecule has 0 bridgehead atoms. The third-order valence-corrected chi connectivity index (χ3v) is 5.13. The van der Waals surface area contributed by atoms with Crippen LogP contribution in [0.5, 0.6) is 0 Å². The maximum Gasteiger partial charge on any atom is 0.245 e. The lowest BCUT2D eigenvalue weighted by atomic mass is 9.99. The highest BCUT2D eigenvalue weighted by Crippen LogP contribution is 2.19. The molecule has 0 N–H and O–H groups in total. The minimum absolute atomic E-state index is 0.297. The van der Waals surface area contributed by atoms with Crippen molar-refractivity contribution in [3.8, 4) is 0 Å². The molecule has 0 fully saturated rings. The smallest absolute Gasteiger partial charge is 0.245 e. The molecule has 148 valence electrons. The van der Waals surface area contributed by atoms with Crippen LogP contribution in [-0.2, 0) is 4.79 Å². The van der Waals surface area contributed by atoms with Crippen LogP contribution in [0.1, 0.15) is 129 Å². The van der Waals surface area contributed by atoms with Gasteiger partial charge in [-0.2, -0.15) is 0 Å². The molecule has 0 unspecified atom stereocenters. The van der Waals surface area contributed by atoms with Crippen LogP contribution in [0.3, 0.4) is 0 Å². The van der Waals surface area contributed by atoms with E-state index in [2.05, 4.69) is 13.8 Å². The van der Waals surface area contributed by atoms with E-state index < -0.39 is 0 Å². The predicted octanol–water partition coefficient (Wildman–Crippen LogP) is 8.74. The molecule has 1 nitrogen and oxygen atoms in total. The molecule has 0 aromatic carbocycles. The van der Waals surface area contributed by atoms with Crippen LogP contribution in [0.2, 0.25) is 0 Å². The molecule has 0 radical (unpaired) electrons. The highest BCUT2D eigenvalue weighted by molar-refractivity contribution is 6.66. The fourth-order valence-corrected chi connectivity index (χ4v) is 3.56. The largest absolute Gasteiger partial charge is 0.276 e. The van der Waals surface area contributed by atoms with Crippen molar-refractivity contribution in [2.24, 2.45) is 0 Å². The second-order valence-electron chi connectivity index (χ2n) is 7.56. The Morgan fingerprint density at radius 2 is 0.920 bits per heavy atom. The van der Waals surface area contributed by atoms with Gasteiger partial charge in [0.2, 0.25) is 5.24 Å². The maximum absolute atomic E-state index is 11.2. The second-order valence-corrected chi connectivity index (χ2v) is 7.93. The first-order valence-corrected chi connectivity index (χ1v) is 11.5. The van der Waals surface area contributed by atoms with Crippen molar-refractivity contribution >= 4 is 16.8 Å². The highest BCUT2D eigenvalue weighted by Gasteiger charge is 2.02. The normalized spacial score (nSPS) is 10.8. The van der Waals surface area contributed by atoms with Crippen molar-refractivity contribution in [2.45, 2.75) is 129 Å². The number of unbranched alkanes of at least 4 members (excludes halogenated alkanes) is 14. The zero-order chi connectivity index (χ0) is 18.6. The van der Waals surface area contributed by atoms with Crippen LogP contribution in [0, 0.1) is 0 Å². The van der Waals surface area contributed by atoms with Crippen molar-refractivity contribution in [3.05, 3.63) is 11.6 Å². The SMILES string of the molecule is CCCCCCCCCCC(=CC(=O)Cl)CCCCCCCCCC. The number of halogens is 1. The molecule has 0 heterocycles. The number of hydrogen-bond acceptors (Lipinski definition) is 1. The Morgan fingerprint density at radius 3 is 1.24 bits per heavy atom. The Labute approximate surface area is 163 Å². The van der Waals surface area contributed by atoms with Crippen molar-refractivity contribution in [1.82, 2.24) is 0 Å². The van der Waals surface area contributed by atoms with Crippen LogP contribution in [0.15, 0.2) is 11.6 Å². The zero-order valence-corrected chi connectivity index (χ0v) is 17.8. The number of hydrogen-bond donors (Lipinski definition) is 0. The molecule has 0 rings (SSSR count). The van der Waals surface area contributed by atoms with Gasteiger partial charge in [-0.25, -0.2) is 0 Å². The molecular weight excluding hydrogens is 328 g/mol. The summed E-state index contributed by atoms with van der Waals surface area (Å²) in [5.41, 5.74) is 1.27. The highest BCUT2D eigenvalue weighted by atomic mass is 35.5. The average Bonchev–Trinajstić information content (AvgIpc) is 2.58. The van der Waals surface area contributed by atoms with E-state index >= 15 is 0 Å². The summed E-state index contributed by atoms with van der Waals surface area (Å²) in [6.07, 6.45) is 25.1. The molecule has 0 aromatic rings. The van der Waals surface area contributed by atoms with E-state index in [1.54, 1.807) is 6.08 Å². The summed E-state index contributed by atoms with van der Waals surface area (Å²) in [7, 11) is 0. The standard InChI is InChI=1S/C23H43ClO/c1-3-5-7-9-11-13-15-17-19-22(21-23(24)25)20-18-16-14-12-10-8-6-4-2/h21H,3-20H2,1-2H3. The summed E-state index contributed by atoms with van der Waals surface area (Å²) >= 11 is 5.58. The third-order valence-electron chi connectivity index (χ3n) is 5.02. The van der Waals surface area contributed by atoms with E-state index in [-0.39, 0.29) is 5.24 Å².